The number of methoxy groups -OCH3 is 1. The highest BCUT2D eigenvalue weighted by atomic mass is 28.4. The van der Waals surface area contributed by atoms with Gasteiger partial charge >= 0.3 is 0 Å². The Labute approximate surface area is 381 Å². The van der Waals surface area contributed by atoms with Crippen LogP contribution in [0.15, 0.2) is 94.9 Å². The molecule has 1 aromatic heterocycles. The molecule has 0 bridgehead atoms. The first-order valence-corrected chi connectivity index (χ1v) is 28.1. The number of aliphatic hydroxyl groups is 1. The van der Waals surface area contributed by atoms with Gasteiger partial charge < -0.3 is 32.7 Å². The zero-order valence-corrected chi connectivity index (χ0v) is 41.9. The molecule has 4 aromatic rings. The fourth-order valence-electron chi connectivity index (χ4n) is 8.83. The molecule has 0 amide bonds. The van der Waals surface area contributed by atoms with E-state index < -0.39 is 51.7 Å². The predicted molar refractivity (Wildman–Crippen MR) is 253 cm³/mol. The standard InChI is InChI=1S/C51H66N2O9Si2/c1-49(2,3)63(10,11)60-26-20-25-34-29-38(57-9)36-27-35-28-37-42(53(7)8)45-41(48(52-61-45)59-31-33-23-18-15-19-24-33)47(56)51(37,62-64(12,13)50(4,5)6)46(55)39(35)43(54)40(36)44(34)58-30-32-21-16-14-17-22-32/h14-24,26,29,35,37,42,55H,25,27-28,30-31H2,1-13H3/t35-,37-,42-,51-/m0/s1. The average Bonchev–Trinajstić information content (AvgIpc) is 3.65. The minimum absolute atomic E-state index is 0.0123. The minimum atomic E-state index is -2.92. The predicted octanol–water partition coefficient (Wildman–Crippen LogP) is 11.4. The number of aliphatic hydroxyl groups excluding tert-OH is 1. The lowest BCUT2D eigenvalue weighted by Gasteiger charge is -2.55. The van der Waals surface area contributed by atoms with Crippen molar-refractivity contribution in [3.8, 4) is 17.4 Å². The van der Waals surface area contributed by atoms with Crippen molar-refractivity contribution in [2.75, 3.05) is 21.2 Å². The number of Topliss-reactive ketones (excluding diaryl/α,β-unsaturated/α-hetero) is 2. The van der Waals surface area contributed by atoms with Crippen LogP contribution in [0.2, 0.25) is 36.3 Å². The van der Waals surface area contributed by atoms with Gasteiger partial charge in [-0.1, -0.05) is 102 Å². The van der Waals surface area contributed by atoms with Crippen molar-refractivity contribution in [2.45, 2.75) is 122 Å². The molecule has 3 aromatic carbocycles. The molecule has 0 saturated heterocycles. The monoisotopic (exact) mass is 906 g/mol. The summed E-state index contributed by atoms with van der Waals surface area (Å²) >= 11 is 0. The number of rotatable bonds is 14. The molecule has 3 aliphatic carbocycles. The van der Waals surface area contributed by atoms with Gasteiger partial charge in [0.2, 0.25) is 14.1 Å². The molecule has 342 valence electrons. The van der Waals surface area contributed by atoms with Gasteiger partial charge in [0.25, 0.3) is 5.88 Å². The summed E-state index contributed by atoms with van der Waals surface area (Å²) in [6.45, 7) is 21.7. The van der Waals surface area contributed by atoms with Crippen LogP contribution in [0.5, 0.6) is 17.4 Å². The molecule has 13 heteroatoms. The molecule has 0 fully saturated rings. The summed E-state index contributed by atoms with van der Waals surface area (Å²) in [4.78, 5) is 33.4. The average molecular weight is 907 g/mol. The van der Waals surface area contributed by atoms with Crippen LogP contribution in [0.25, 0.3) is 0 Å². The van der Waals surface area contributed by atoms with Crippen LogP contribution in [0, 0.1) is 11.8 Å². The normalized spacial score (nSPS) is 21.4. The van der Waals surface area contributed by atoms with Crippen molar-refractivity contribution in [3.63, 3.8) is 0 Å². The lowest BCUT2D eigenvalue weighted by atomic mass is 9.58. The maximum absolute atomic E-state index is 15.8. The first kappa shape index (κ1) is 47.0. The summed E-state index contributed by atoms with van der Waals surface area (Å²) in [5, 5.41) is 17.2. The van der Waals surface area contributed by atoms with Crippen LogP contribution < -0.4 is 14.2 Å². The van der Waals surface area contributed by atoms with E-state index in [9.17, 15) is 5.11 Å². The number of hydrogen-bond acceptors (Lipinski definition) is 11. The van der Waals surface area contributed by atoms with E-state index in [4.69, 9.17) is 27.6 Å². The van der Waals surface area contributed by atoms with E-state index in [-0.39, 0.29) is 46.1 Å². The van der Waals surface area contributed by atoms with Crippen LogP contribution in [0.4, 0.5) is 0 Å². The molecule has 1 N–H and O–H groups in total. The Balaban J connectivity index is 1.41. The number of aromatic nitrogens is 1. The number of carbonyl (C=O) groups excluding carboxylic acids is 2. The van der Waals surface area contributed by atoms with Gasteiger partial charge in [0.1, 0.15) is 36.0 Å². The van der Waals surface area contributed by atoms with Crippen molar-refractivity contribution in [2.24, 2.45) is 11.8 Å². The Morgan fingerprint density at radius 1 is 0.875 bits per heavy atom. The fraction of sp³-hybridized carbons (Fsp3) is 0.471. The summed E-state index contributed by atoms with van der Waals surface area (Å²) in [5.74, 6) is -1.15. The maximum Gasteiger partial charge on any atom is 0.265 e. The van der Waals surface area contributed by atoms with Crippen LogP contribution >= 0.6 is 0 Å². The van der Waals surface area contributed by atoms with Crippen LogP contribution in [-0.4, -0.2) is 70.2 Å². The minimum Gasteiger partial charge on any atom is -0.549 e. The van der Waals surface area contributed by atoms with E-state index in [1.54, 1.807) is 13.4 Å². The largest absolute Gasteiger partial charge is 0.549 e. The van der Waals surface area contributed by atoms with Gasteiger partial charge in [-0.15, -0.1) is 0 Å². The number of hydrogen-bond donors (Lipinski definition) is 1. The Morgan fingerprint density at radius 3 is 2.03 bits per heavy atom. The quantitative estimate of drug-likeness (QED) is 0.0958. The lowest BCUT2D eigenvalue weighted by Crippen LogP contribution is -2.65. The molecular formula is C51H66N2O9Si2. The number of nitrogens with zero attached hydrogens (tertiary/aromatic N) is 2. The summed E-state index contributed by atoms with van der Waals surface area (Å²) in [7, 11) is 0.421. The van der Waals surface area contributed by atoms with Crippen LogP contribution in [0.1, 0.15) is 103 Å². The summed E-state index contributed by atoms with van der Waals surface area (Å²) in [6, 6.07) is 20.8. The Bertz CT molecular complexity index is 2440. The fourth-order valence-corrected chi connectivity index (χ4v) is 11.1. The molecule has 0 spiro atoms. The number of ketones is 2. The molecule has 0 unspecified atom stereocenters. The number of fused-ring (bicyclic) bond motifs is 4. The van der Waals surface area contributed by atoms with Crippen LogP contribution in [-0.2, 0) is 34.9 Å². The Hall–Kier alpha value is -4.96. The molecule has 64 heavy (non-hydrogen) atoms. The zero-order chi connectivity index (χ0) is 46.6. The summed E-state index contributed by atoms with van der Waals surface area (Å²) in [6.07, 6.45) is 4.79. The second kappa shape index (κ2) is 17.4. The highest BCUT2D eigenvalue weighted by Gasteiger charge is 2.67. The molecular weight excluding hydrogens is 841 g/mol. The van der Waals surface area contributed by atoms with E-state index >= 15 is 9.59 Å². The van der Waals surface area contributed by atoms with Crippen molar-refractivity contribution in [3.05, 3.63) is 130 Å². The van der Waals surface area contributed by atoms with Gasteiger partial charge in [0.15, 0.2) is 25.5 Å². The van der Waals surface area contributed by atoms with E-state index in [0.717, 1.165) is 16.7 Å². The molecule has 1 heterocycles. The third kappa shape index (κ3) is 8.40. The second-order valence-electron chi connectivity index (χ2n) is 20.8. The highest BCUT2D eigenvalue weighted by molar-refractivity contribution is 6.74. The van der Waals surface area contributed by atoms with E-state index in [0.29, 0.717) is 47.6 Å². The summed E-state index contributed by atoms with van der Waals surface area (Å²) < 4.78 is 38.9. The SMILES string of the molecule is COc1cc(CC=CO[Si](C)(C)C(C)(C)C)c(OCc2ccccc2)c2c1C[C@H]1C[C@H]3[C@H](N(C)C)c4onc(OCc5ccccc5)c4C(=O)[C@@]3(O[Si](C)(C)C(C)(C)C)C(O)=C1C2=O. The Morgan fingerprint density at radius 2 is 1.47 bits per heavy atom. The third-order valence-corrected chi connectivity index (χ3v) is 23.2. The molecule has 7 rings (SSSR count). The van der Waals surface area contributed by atoms with E-state index in [1.807, 2.05) is 91.8 Å². The molecule has 0 aliphatic heterocycles. The van der Waals surface area contributed by atoms with Gasteiger partial charge in [-0.25, -0.2) is 0 Å². The van der Waals surface area contributed by atoms with E-state index in [1.165, 1.54) is 0 Å². The van der Waals surface area contributed by atoms with Gasteiger partial charge in [-0.2, -0.15) is 0 Å². The topological polar surface area (TPSA) is 130 Å². The van der Waals surface area contributed by atoms with E-state index in [2.05, 4.69) is 72.9 Å². The number of allylic oxidation sites excluding steroid dienone is 2. The molecule has 0 saturated carbocycles. The van der Waals surface area contributed by atoms with Crippen molar-refractivity contribution in [1.29, 1.82) is 0 Å². The lowest BCUT2D eigenvalue weighted by molar-refractivity contribution is -0.0480. The van der Waals surface area contributed by atoms with Crippen molar-refractivity contribution < 1.29 is 42.3 Å². The number of carbonyl (C=O) groups is 2. The molecule has 11 nitrogen and oxygen atoms in total. The first-order chi connectivity index (χ1) is 30.0. The van der Waals surface area contributed by atoms with Gasteiger partial charge in [-0.05, 0) is 104 Å². The van der Waals surface area contributed by atoms with Crippen LogP contribution in [0.3, 0.4) is 0 Å². The maximum atomic E-state index is 15.8. The van der Waals surface area contributed by atoms with Gasteiger partial charge in [0, 0.05) is 22.6 Å². The van der Waals surface area contributed by atoms with Gasteiger partial charge in [-0.3, -0.25) is 14.5 Å². The van der Waals surface area contributed by atoms with Gasteiger partial charge in [0.05, 0.1) is 25.0 Å². The van der Waals surface area contributed by atoms with Crippen molar-refractivity contribution >= 4 is 28.2 Å². The smallest absolute Gasteiger partial charge is 0.265 e. The molecule has 3 aliphatic rings. The molecule has 4 atom stereocenters. The first-order valence-electron chi connectivity index (χ1n) is 22.3. The second-order valence-corrected chi connectivity index (χ2v) is 30.3. The zero-order valence-electron chi connectivity index (χ0n) is 39.9. The van der Waals surface area contributed by atoms with Crippen molar-refractivity contribution in [1.82, 2.24) is 10.1 Å². The number of ether oxygens (including phenoxy) is 3. The number of benzene rings is 3. The molecule has 0 radical (unpaired) electrons. The third-order valence-electron chi connectivity index (χ3n) is 14.4. The summed E-state index contributed by atoms with van der Waals surface area (Å²) in [5.41, 5.74) is 1.85. The Kier molecular flexibility index (Phi) is 12.8. The highest BCUT2D eigenvalue weighted by Crippen LogP contribution is 2.60.